The molecule has 23 heavy (non-hydrogen) atoms. The number of hydrogen-bond acceptors (Lipinski definition) is 3. The first-order chi connectivity index (χ1) is 11.1. The molecule has 0 saturated carbocycles. The van der Waals surface area contributed by atoms with Gasteiger partial charge in [0.05, 0.1) is 6.61 Å². The highest BCUT2D eigenvalue weighted by Gasteiger charge is 2.06. The van der Waals surface area contributed by atoms with Crippen molar-refractivity contribution in [2.45, 2.75) is 12.8 Å². The first-order valence-corrected chi connectivity index (χ1v) is 7.18. The fraction of sp³-hybridized carbons (Fsp3) is 0.176. The van der Waals surface area contributed by atoms with Crippen LogP contribution in [0.2, 0.25) is 0 Å². The summed E-state index contributed by atoms with van der Waals surface area (Å²) in [6.07, 6.45) is 0.633. The number of carbonyl (C=O) groups is 2. The Morgan fingerprint density at radius 1 is 1.00 bits per heavy atom. The molecule has 2 amide bonds. The minimum absolute atomic E-state index is 0.185. The highest BCUT2D eigenvalue weighted by atomic mass is 19.1. The maximum Gasteiger partial charge on any atom is 0.269 e. The number of hydrogen-bond donors (Lipinski definition) is 2. The van der Waals surface area contributed by atoms with Gasteiger partial charge in [0.25, 0.3) is 5.91 Å². The van der Waals surface area contributed by atoms with Crippen molar-refractivity contribution in [3.8, 4) is 5.75 Å². The summed E-state index contributed by atoms with van der Waals surface area (Å²) in [7, 11) is 0. The number of hydrazine groups is 1. The van der Waals surface area contributed by atoms with Gasteiger partial charge in [-0.05, 0) is 30.7 Å². The standard InChI is InChI=1S/C17H17FN2O3/c18-14-8-4-9-15(12-14)23-11-5-10-16(21)19-20-17(22)13-6-2-1-3-7-13/h1-4,6-9,12H,5,10-11H2,(H,19,21)(H,20,22). The molecule has 120 valence electrons. The van der Waals surface area contributed by atoms with Crippen LogP contribution in [-0.2, 0) is 4.79 Å². The molecule has 2 rings (SSSR count). The molecular weight excluding hydrogens is 299 g/mol. The van der Waals surface area contributed by atoms with E-state index in [0.717, 1.165) is 0 Å². The topological polar surface area (TPSA) is 67.4 Å². The highest BCUT2D eigenvalue weighted by molar-refractivity contribution is 5.95. The number of rotatable bonds is 6. The van der Waals surface area contributed by atoms with Crippen LogP contribution in [0.3, 0.4) is 0 Å². The minimum atomic E-state index is -0.380. The van der Waals surface area contributed by atoms with E-state index >= 15 is 0 Å². The molecular formula is C17H17FN2O3. The Morgan fingerprint density at radius 3 is 2.52 bits per heavy atom. The van der Waals surface area contributed by atoms with Gasteiger partial charge in [-0.3, -0.25) is 20.4 Å². The predicted octanol–water partition coefficient (Wildman–Crippen LogP) is 2.45. The van der Waals surface area contributed by atoms with E-state index in [1.807, 2.05) is 0 Å². The molecule has 0 unspecified atom stereocenters. The van der Waals surface area contributed by atoms with Crippen LogP contribution in [0.25, 0.3) is 0 Å². The normalized spacial score (nSPS) is 9.96. The van der Waals surface area contributed by atoms with Crippen LogP contribution in [0.15, 0.2) is 54.6 Å². The number of ether oxygens (including phenoxy) is 1. The molecule has 0 heterocycles. The zero-order valence-electron chi connectivity index (χ0n) is 12.4. The molecule has 2 aromatic rings. The molecule has 0 fully saturated rings. The zero-order valence-corrected chi connectivity index (χ0v) is 12.4. The first kappa shape index (κ1) is 16.5. The molecule has 0 aromatic heterocycles. The van der Waals surface area contributed by atoms with Crippen LogP contribution in [0.1, 0.15) is 23.2 Å². The molecule has 0 aliphatic rings. The zero-order chi connectivity index (χ0) is 16.5. The minimum Gasteiger partial charge on any atom is -0.493 e. The van der Waals surface area contributed by atoms with Crippen LogP contribution in [0.5, 0.6) is 5.75 Å². The van der Waals surface area contributed by atoms with E-state index in [2.05, 4.69) is 10.9 Å². The fourth-order valence-electron chi connectivity index (χ4n) is 1.83. The second-order valence-corrected chi connectivity index (χ2v) is 4.78. The van der Waals surface area contributed by atoms with Gasteiger partial charge in [0.2, 0.25) is 5.91 Å². The van der Waals surface area contributed by atoms with Gasteiger partial charge < -0.3 is 4.74 Å². The van der Waals surface area contributed by atoms with Crippen LogP contribution in [-0.4, -0.2) is 18.4 Å². The van der Waals surface area contributed by atoms with Gasteiger partial charge in [0.15, 0.2) is 0 Å². The summed E-state index contributed by atoms with van der Waals surface area (Å²) in [5, 5.41) is 0. The maximum absolute atomic E-state index is 12.9. The smallest absolute Gasteiger partial charge is 0.269 e. The Labute approximate surface area is 133 Å². The highest BCUT2D eigenvalue weighted by Crippen LogP contribution is 2.12. The molecule has 5 nitrogen and oxygen atoms in total. The summed E-state index contributed by atoms with van der Waals surface area (Å²) < 4.78 is 18.3. The van der Waals surface area contributed by atoms with Gasteiger partial charge in [-0.25, -0.2) is 4.39 Å². The Kier molecular flexibility index (Phi) is 6.11. The maximum atomic E-state index is 12.9. The lowest BCUT2D eigenvalue weighted by atomic mass is 10.2. The quantitative estimate of drug-likeness (QED) is 0.635. The molecule has 0 aliphatic heterocycles. The van der Waals surface area contributed by atoms with Gasteiger partial charge >= 0.3 is 0 Å². The lowest BCUT2D eigenvalue weighted by Crippen LogP contribution is -2.41. The Morgan fingerprint density at radius 2 is 1.78 bits per heavy atom. The third kappa shape index (κ3) is 5.78. The molecule has 2 N–H and O–H groups in total. The average Bonchev–Trinajstić information content (AvgIpc) is 2.57. The average molecular weight is 316 g/mol. The van der Waals surface area contributed by atoms with E-state index in [-0.39, 0.29) is 30.7 Å². The SMILES string of the molecule is O=C(CCCOc1cccc(F)c1)NNC(=O)c1ccccc1. The lowest BCUT2D eigenvalue weighted by Gasteiger charge is -2.08. The van der Waals surface area contributed by atoms with Gasteiger partial charge in [0, 0.05) is 18.1 Å². The van der Waals surface area contributed by atoms with Crippen LogP contribution < -0.4 is 15.6 Å². The summed E-state index contributed by atoms with van der Waals surface area (Å²) in [4.78, 5) is 23.3. The third-order valence-electron chi connectivity index (χ3n) is 2.96. The van der Waals surface area contributed by atoms with Crippen molar-refractivity contribution in [3.05, 3.63) is 66.0 Å². The predicted molar refractivity (Wildman–Crippen MR) is 83.2 cm³/mol. The number of benzene rings is 2. The van der Waals surface area contributed by atoms with E-state index < -0.39 is 0 Å². The van der Waals surface area contributed by atoms with Gasteiger partial charge in [-0.1, -0.05) is 24.3 Å². The number of amides is 2. The van der Waals surface area contributed by atoms with E-state index in [1.165, 1.54) is 12.1 Å². The van der Waals surface area contributed by atoms with Crippen molar-refractivity contribution in [3.63, 3.8) is 0 Å². The van der Waals surface area contributed by atoms with Crippen molar-refractivity contribution in [2.24, 2.45) is 0 Å². The molecule has 0 saturated heterocycles. The van der Waals surface area contributed by atoms with Crippen molar-refractivity contribution >= 4 is 11.8 Å². The Balaban J connectivity index is 1.63. The summed E-state index contributed by atoms with van der Waals surface area (Å²) in [5.41, 5.74) is 5.13. The van der Waals surface area contributed by atoms with E-state index in [4.69, 9.17) is 4.74 Å². The second kappa shape index (κ2) is 8.53. The van der Waals surface area contributed by atoms with E-state index in [9.17, 15) is 14.0 Å². The monoisotopic (exact) mass is 316 g/mol. The molecule has 0 atom stereocenters. The van der Waals surface area contributed by atoms with Crippen molar-refractivity contribution in [1.82, 2.24) is 10.9 Å². The number of carbonyl (C=O) groups excluding carboxylic acids is 2. The van der Waals surface area contributed by atoms with E-state index in [0.29, 0.717) is 17.7 Å². The fourth-order valence-corrected chi connectivity index (χ4v) is 1.83. The Bertz CT molecular complexity index is 662. The van der Waals surface area contributed by atoms with E-state index in [1.54, 1.807) is 42.5 Å². The Hall–Kier alpha value is -2.89. The van der Waals surface area contributed by atoms with Gasteiger partial charge in [0.1, 0.15) is 11.6 Å². The van der Waals surface area contributed by atoms with Crippen LogP contribution in [0, 0.1) is 5.82 Å². The van der Waals surface area contributed by atoms with Crippen LogP contribution in [0.4, 0.5) is 4.39 Å². The molecule has 0 aliphatic carbocycles. The molecule has 0 spiro atoms. The van der Waals surface area contributed by atoms with Crippen molar-refractivity contribution < 1.29 is 18.7 Å². The largest absolute Gasteiger partial charge is 0.493 e. The summed E-state index contributed by atoms with van der Waals surface area (Å²) in [5.74, 6) is -0.654. The first-order valence-electron chi connectivity index (χ1n) is 7.18. The third-order valence-corrected chi connectivity index (χ3v) is 2.96. The summed E-state index contributed by atoms with van der Waals surface area (Å²) >= 11 is 0. The van der Waals surface area contributed by atoms with Crippen molar-refractivity contribution in [2.75, 3.05) is 6.61 Å². The van der Waals surface area contributed by atoms with Gasteiger partial charge in [-0.15, -0.1) is 0 Å². The summed E-state index contributed by atoms with van der Waals surface area (Å²) in [6.45, 7) is 0.281. The number of nitrogens with one attached hydrogen (secondary N) is 2. The van der Waals surface area contributed by atoms with Crippen LogP contribution >= 0.6 is 0 Å². The number of halogens is 1. The second-order valence-electron chi connectivity index (χ2n) is 4.78. The molecule has 0 radical (unpaired) electrons. The van der Waals surface area contributed by atoms with Gasteiger partial charge in [-0.2, -0.15) is 0 Å². The molecule has 2 aromatic carbocycles. The molecule has 0 bridgehead atoms. The van der Waals surface area contributed by atoms with Crippen molar-refractivity contribution in [1.29, 1.82) is 0 Å². The lowest BCUT2D eigenvalue weighted by molar-refractivity contribution is -0.122. The summed E-state index contributed by atoms with van der Waals surface area (Å²) in [6, 6.07) is 14.4. The molecule has 6 heteroatoms.